The summed E-state index contributed by atoms with van der Waals surface area (Å²) in [4.78, 5) is 26.6. The second-order valence-electron chi connectivity index (χ2n) is 10.2. The first-order valence-corrected chi connectivity index (χ1v) is 13.9. The quantitative estimate of drug-likeness (QED) is 0.553. The van der Waals surface area contributed by atoms with Gasteiger partial charge in [-0.3, -0.25) is 4.79 Å². The monoisotopic (exact) mass is 541 g/mol. The number of alkyl halides is 3. The first-order chi connectivity index (χ1) is 17.1. The van der Waals surface area contributed by atoms with Gasteiger partial charge in [-0.25, -0.2) is 23.4 Å². The number of fused-ring (bicyclic) bond motifs is 3. The van der Waals surface area contributed by atoms with E-state index in [9.17, 15) is 31.5 Å². The second-order valence-corrected chi connectivity index (χ2v) is 12.2. The topological polar surface area (TPSA) is 118 Å². The van der Waals surface area contributed by atoms with Gasteiger partial charge in [-0.15, -0.1) is 0 Å². The molecule has 0 fully saturated rings. The standard InChI is InChI=1S/C24H30F3N5O4S/c1-6-17(34)14-11-28-22(30-20(14)24(25,26)27)32-8-7-31-16-9-18(37(5,35)36)23(4,12-33)10-15(16)29-21(31)19(32)13(2)3/h9,11,13,19,33H,6-8,10,12H2,1-5H3/t19-,23?/m0/s1. The van der Waals surface area contributed by atoms with Gasteiger partial charge in [-0.1, -0.05) is 27.7 Å². The highest BCUT2D eigenvalue weighted by molar-refractivity contribution is 7.94. The molecule has 2 aromatic heterocycles. The van der Waals surface area contributed by atoms with Gasteiger partial charge in [0, 0.05) is 43.8 Å². The molecule has 1 N–H and O–H groups in total. The smallest absolute Gasteiger partial charge is 0.395 e. The zero-order chi connectivity index (χ0) is 27.5. The fraction of sp³-hybridized carbons (Fsp3) is 0.583. The number of Topliss-reactive ketones (excluding diaryl/α,β-unsaturated/α-hetero) is 1. The molecule has 202 valence electrons. The highest BCUT2D eigenvalue weighted by Gasteiger charge is 2.44. The Morgan fingerprint density at radius 1 is 1.27 bits per heavy atom. The van der Waals surface area contributed by atoms with Crippen molar-refractivity contribution in [2.24, 2.45) is 11.3 Å². The lowest BCUT2D eigenvalue weighted by Gasteiger charge is -2.39. The molecule has 0 saturated heterocycles. The Kier molecular flexibility index (Phi) is 6.77. The molecule has 2 atom stereocenters. The molecule has 9 nitrogen and oxygen atoms in total. The van der Waals surface area contributed by atoms with Crippen molar-refractivity contribution in [1.29, 1.82) is 0 Å². The SMILES string of the molecule is CCC(=O)c1cnc(N2CCn3c(nc4c3C=C(S(C)(=O)=O)C(C)(CO)C4)[C@@H]2C(C)C)nc1C(F)(F)F. The largest absolute Gasteiger partial charge is 0.434 e. The molecule has 2 aliphatic rings. The Morgan fingerprint density at radius 2 is 1.95 bits per heavy atom. The summed E-state index contributed by atoms with van der Waals surface area (Å²) in [7, 11) is -3.61. The van der Waals surface area contributed by atoms with E-state index in [4.69, 9.17) is 4.98 Å². The van der Waals surface area contributed by atoms with Gasteiger partial charge in [0.2, 0.25) is 5.95 Å². The molecule has 4 rings (SSSR count). The maximum atomic E-state index is 13.8. The highest BCUT2D eigenvalue weighted by Crippen LogP contribution is 2.44. The molecule has 37 heavy (non-hydrogen) atoms. The van der Waals surface area contributed by atoms with Gasteiger partial charge < -0.3 is 14.6 Å². The number of aromatic nitrogens is 4. The van der Waals surface area contributed by atoms with E-state index in [0.29, 0.717) is 23.8 Å². The van der Waals surface area contributed by atoms with Gasteiger partial charge in [0.15, 0.2) is 21.3 Å². The van der Waals surface area contributed by atoms with Gasteiger partial charge in [0.05, 0.1) is 34.5 Å². The van der Waals surface area contributed by atoms with Crippen LogP contribution in [-0.2, 0) is 29.0 Å². The first kappa shape index (κ1) is 27.2. The van der Waals surface area contributed by atoms with Crippen LogP contribution in [0.3, 0.4) is 0 Å². The van der Waals surface area contributed by atoms with Crippen LogP contribution in [-0.4, -0.2) is 58.2 Å². The minimum Gasteiger partial charge on any atom is -0.395 e. The normalized spacial score (nSPS) is 22.1. The Labute approximate surface area is 213 Å². The third-order valence-electron chi connectivity index (χ3n) is 7.00. The van der Waals surface area contributed by atoms with E-state index in [1.165, 1.54) is 6.92 Å². The van der Waals surface area contributed by atoms with Crippen LogP contribution in [0.2, 0.25) is 0 Å². The van der Waals surface area contributed by atoms with Crippen LogP contribution in [0.4, 0.5) is 19.1 Å². The molecule has 2 aromatic rings. The van der Waals surface area contributed by atoms with E-state index >= 15 is 0 Å². The number of carbonyl (C=O) groups excluding carboxylic acids is 1. The second kappa shape index (κ2) is 9.19. The number of halogens is 3. The fourth-order valence-corrected chi connectivity index (χ4v) is 6.58. The molecule has 0 amide bonds. The number of imidazole rings is 1. The number of carbonyl (C=O) groups is 1. The Bertz CT molecular complexity index is 1380. The summed E-state index contributed by atoms with van der Waals surface area (Å²) in [6.45, 7) is 7.11. The molecule has 1 aliphatic carbocycles. The Morgan fingerprint density at radius 3 is 2.49 bits per heavy atom. The highest BCUT2D eigenvalue weighted by atomic mass is 32.2. The molecule has 0 aromatic carbocycles. The van der Waals surface area contributed by atoms with Gasteiger partial charge in [0.25, 0.3) is 0 Å². The van der Waals surface area contributed by atoms with Gasteiger partial charge in [0.1, 0.15) is 5.82 Å². The van der Waals surface area contributed by atoms with Gasteiger partial charge in [-0.05, 0) is 12.0 Å². The minimum absolute atomic E-state index is 0.108. The van der Waals surface area contributed by atoms with Crippen molar-refractivity contribution in [2.45, 2.75) is 59.3 Å². The van der Waals surface area contributed by atoms with Crippen LogP contribution in [0.25, 0.3) is 6.08 Å². The van der Waals surface area contributed by atoms with E-state index in [2.05, 4.69) is 9.97 Å². The van der Waals surface area contributed by atoms with Crippen molar-refractivity contribution in [2.75, 3.05) is 24.3 Å². The van der Waals surface area contributed by atoms with Crippen molar-refractivity contribution in [1.82, 2.24) is 19.5 Å². The molecule has 13 heteroatoms. The molecular formula is C24H30F3N5O4S. The Balaban J connectivity index is 1.84. The number of aliphatic hydroxyl groups excluding tert-OH is 1. The summed E-state index contributed by atoms with van der Waals surface area (Å²) >= 11 is 0. The van der Waals surface area contributed by atoms with E-state index < -0.39 is 44.5 Å². The molecule has 1 unspecified atom stereocenters. The van der Waals surface area contributed by atoms with Crippen LogP contribution < -0.4 is 4.90 Å². The number of hydrogen-bond donors (Lipinski definition) is 1. The maximum absolute atomic E-state index is 13.8. The van der Waals surface area contributed by atoms with E-state index in [-0.39, 0.29) is 42.8 Å². The number of nitrogens with zero attached hydrogens (tertiary/aromatic N) is 5. The first-order valence-electron chi connectivity index (χ1n) is 12.0. The van der Waals surface area contributed by atoms with E-state index in [0.717, 1.165) is 12.5 Å². The molecule has 3 heterocycles. The molecular weight excluding hydrogens is 511 g/mol. The van der Waals surface area contributed by atoms with Crippen molar-refractivity contribution < 1.29 is 31.5 Å². The number of hydrogen-bond acceptors (Lipinski definition) is 8. The predicted octanol–water partition coefficient (Wildman–Crippen LogP) is 3.44. The van der Waals surface area contributed by atoms with Crippen molar-refractivity contribution in [3.63, 3.8) is 0 Å². The number of sulfone groups is 1. The lowest BCUT2D eigenvalue weighted by molar-refractivity contribution is -0.141. The Hall–Kier alpha value is -2.80. The van der Waals surface area contributed by atoms with Gasteiger partial charge >= 0.3 is 6.18 Å². The van der Waals surface area contributed by atoms with Crippen molar-refractivity contribution >= 4 is 27.6 Å². The van der Waals surface area contributed by atoms with Crippen LogP contribution in [0.15, 0.2) is 11.1 Å². The van der Waals surface area contributed by atoms with Crippen LogP contribution in [0.5, 0.6) is 0 Å². The van der Waals surface area contributed by atoms with E-state index in [1.807, 2.05) is 18.4 Å². The predicted molar refractivity (Wildman–Crippen MR) is 131 cm³/mol. The number of rotatable bonds is 6. The zero-order valence-electron chi connectivity index (χ0n) is 21.3. The average molecular weight is 542 g/mol. The fourth-order valence-electron chi connectivity index (χ4n) is 5.22. The molecule has 0 spiro atoms. The summed E-state index contributed by atoms with van der Waals surface area (Å²) in [6, 6.07) is -0.511. The molecule has 0 saturated carbocycles. The third-order valence-corrected chi connectivity index (χ3v) is 8.41. The van der Waals surface area contributed by atoms with Gasteiger partial charge in [-0.2, -0.15) is 13.2 Å². The molecule has 0 radical (unpaired) electrons. The summed E-state index contributed by atoms with van der Waals surface area (Å²) in [5.74, 6) is -0.413. The van der Waals surface area contributed by atoms with E-state index in [1.54, 1.807) is 17.9 Å². The summed E-state index contributed by atoms with van der Waals surface area (Å²) < 4.78 is 68.4. The zero-order valence-corrected chi connectivity index (χ0v) is 22.1. The summed E-state index contributed by atoms with van der Waals surface area (Å²) in [5, 5.41) is 10.0. The summed E-state index contributed by atoms with van der Waals surface area (Å²) in [5.41, 5.74) is -1.63. The number of aliphatic hydroxyl groups is 1. The lowest BCUT2D eigenvalue weighted by atomic mass is 9.81. The molecule has 0 bridgehead atoms. The minimum atomic E-state index is -4.83. The average Bonchev–Trinajstić information content (AvgIpc) is 3.17. The summed E-state index contributed by atoms with van der Waals surface area (Å²) in [6.07, 6.45) is -1.15. The third kappa shape index (κ3) is 4.67. The lowest BCUT2D eigenvalue weighted by Crippen LogP contribution is -2.42. The van der Waals surface area contributed by atoms with Crippen molar-refractivity contribution in [3.05, 3.63) is 39.6 Å². The number of anilines is 1. The molecule has 1 aliphatic heterocycles. The van der Waals surface area contributed by atoms with Crippen LogP contribution in [0.1, 0.15) is 73.4 Å². The number of ketones is 1. The van der Waals surface area contributed by atoms with Crippen molar-refractivity contribution in [3.8, 4) is 0 Å². The van der Waals surface area contributed by atoms with Crippen LogP contribution >= 0.6 is 0 Å². The van der Waals surface area contributed by atoms with Crippen LogP contribution in [0, 0.1) is 11.3 Å². The maximum Gasteiger partial charge on any atom is 0.434 e.